The van der Waals surface area contributed by atoms with Crippen LogP contribution in [0.2, 0.25) is 0 Å². The molecule has 1 aromatic heterocycles. The van der Waals surface area contributed by atoms with E-state index in [-0.39, 0.29) is 0 Å². The first-order valence-corrected chi connectivity index (χ1v) is 6.74. The molecular weight excluding hydrogens is 230 g/mol. The van der Waals surface area contributed by atoms with Crippen LogP contribution in [0.1, 0.15) is 16.8 Å². The van der Waals surface area contributed by atoms with E-state index in [0.29, 0.717) is 0 Å². The van der Waals surface area contributed by atoms with Gasteiger partial charge in [-0.05, 0) is 40.6 Å². The standard InChI is InChI=1S/C18H15N/c1-3-7-17-13(5-1)9-10-14(17)11-16-12-15-6-2-4-8-18(15)19-16/h1-8,10,12,19H,9,11H2. The second kappa shape index (κ2) is 4.13. The average Bonchev–Trinajstić information content (AvgIpc) is 3.03. The van der Waals surface area contributed by atoms with Gasteiger partial charge in [-0.15, -0.1) is 0 Å². The van der Waals surface area contributed by atoms with Crippen LogP contribution in [0, 0.1) is 0 Å². The Morgan fingerprint density at radius 1 is 0.947 bits per heavy atom. The number of para-hydroxylation sites is 1. The molecule has 0 aliphatic heterocycles. The number of nitrogens with one attached hydrogen (secondary N) is 1. The molecule has 2 aromatic carbocycles. The Morgan fingerprint density at radius 2 is 1.79 bits per heavy atom. The maximum absolute atomic E-state index is 3.51. The molecule has 1 N–H and O–H groups in total. The molecular formula is C18H15N. The van der Waals surface area contributed by atoms with Crippen molar-refractivity contribution in [3.8, 4) is 0 Å². The van der Waals surface area contributed by atoms with E-state index in [9.17, 15) is 0 Å². The molecule has 0 saturated heterocycles. The minimum Gasteiger partial charge on any atom is -0.358 e. The predicted molar refractivity (Wildman–Crippen MR) is 80.1 cm³/mol. The van der Waals surface area contributed by atoms with Gasteiger partial charge in [0.05, 0.1) is 0 Å². The van der Waals surface area contributed by atoms with Crippen molar-refractivity contribution in [2.45, 2.75) is 12.8 Å². The number of H-pyrrole nitrogens is 1. The summed E-state index contributed by atoms with van der Waals surface area (Å²) in [5, 5.41) is 1.30. The summed E-state index contributed by atoms with van der Waals surface area (Å²) in [5.74, 6) is 0. The van der Waals surface area contributed by atoms with Crippen LogP contribution in [0.4, 0.5) is 0 Å². The van der Waals surface area contributed by atoms with E-state index in [4.69, 9.17) is 0 Å². The third kappa shape index (κ3) is 1.78. The van der Waals surface area contributed by atoms with Gasteiger partial charge < -0.3 is 4.98 Å². The predicted octanol–water partition coefficient (Wildman–Crippen LogP) is 4.35. The van der Waals surface area contributed by atoms with Crippen LogP contribution in [0.5, 0.6) is 0 Å². The number of hydrogen-bond donors (Lipinski definition) is 1. The topological polar surface area (TPSA) is 15.8 Å². The monoisotopic (exact) mass is 245 g/mol. The molecule has 1 nitrogen and oxygen atoms in total. The van der Waals surface area contributed by atoms with Crippen LogP contribution in [0.25, 0.3) is 16.5 Å². The molecule has 0 fully saturated rings. The maximum Gasteiger partial charge on any atom is 0.0456 e. The zero-order valence-corrected chi connectivity index (χ0v) is 10.7. The Labute approximate surface area is 112 Å². The first-order valence-electron chi connectivity index (χ1n) is 6.74. The Bertz CT molecular complexity index is 744. The highest BCUT2D eigenvalue weighted by Crippen LogP contribution is 2.30. The fourth-order valence-electron chi connectivity index (χ4n) is 2.96. The molecule has 0 radical (unpaired) electrons. The lowest BCUT2D eigenvalue weighted by Gasteiger charge is -2.04. The zero-order valence-electron chi connectivity index (χ0n) is 10.7. The first-order chi connectivity index (χ1) is 9.40. The summed E-state index contributed by atoms with van der Waals surface area (Å²) < 4.78 is 0. The fourth-order valence-corrected chi connectivity index (χ4v) is 2.96. The van der Waals surface area contributed by atoms with Crippen molar-refractivity contribution in [3.63, 3.8) is 0 Å². The van der Waals surface area contributed by atoms with Crippen LogP contribution >= 0.6 is 0 Å². The summed E-state index contributed by atoms with van der Waals surface area (Å²) >= 11 is 0. The number of aromatic nitrogens is 1. The lowest BCUT2D eigenvalue weighted by molar-refractivity contribution is 1.19. The first kappa shape index (κ1) is 10.6. The van der Waals surface area contributed by atoms with Gasteiger partial charge in [-0.3, -0.25) is 0 Å². The fraction of sp³-hybridized carbons (Fsp3) is 0.111. The van der Waals surface area contributed by atoms with Gasteiger partial charge in [0.25, 0.3) is 0 Å². The van der Waals surface area contributed by atoms with E-state index in [2.05, 4.69) is 65.7 Å². The molecule has 0 amide bonds. The highest BCUT2D eigenvalue weighted by molar-refractivity contribution is 5.82. The van der Waals surface area contributed by atoms with Crippen LogP contribution in [0.15, 0.2) is 60.7 Å². The smallest absolute Gasteiger partial charge is 0.0456 e. The summed E-state index contributed by atoms with van der Waals surface area (Å²) in [6, 6.07) is 19.4. The third-order valence-electron chi connectivity index (χ3n) is 3.90. The summed E-state index contributed by atoms with van der Waals surface area (Å²) in [4.78, 5) is 3.51. The van der Waals surface area contributed by atoms with Gasteiger partial charge in [0, 0.05) is 17.6 Å². The van der Waals surface area contributed by atoms with Gasteiger partial charge in [0.2, 0.25) is 0 Å². The van der Waals surface area contributed by atoms with E-state index in [1.807, 2.05) is 0 Å². The number of benzene rings is 2. The van der Waals surface area contributed by atoms with Crippen molar-refractivity contribution in [1.82, 2.24) is 4.98 Å². The second-order valence-electron chi connectivity index (χ2n) is 5.15. The van der Waals surface area contributed by atoms with E-state index >= 15 is 0 Å². The molecule has 0 spiro atoms. The maximum atomic E-state index is 3.51. The summed E-state index contributed by atoms with van der Waals surface area (Å²) in [5.41, 5.74) is 6.84. The van der Waals surface area contributed by atoms with E-state index in [1.165, 1.54) is 33.3 Å². The van der Waals surface area contributed by atoms with Gasteiger partial charge in [-0.2, -0.15) is 0 Å². The molecule has 1 aliphatic carbocycles. The number of fused-ring (bicyclic) bond motifs is 2. The van der Waals surface area contributed by atoms with Gasteiger partial charge in [-0.1, -0.05) is 48.5 Å². The highest BCUT2D eigenvalue weighted by atomic mass is 14.7. The molecule has 1 heteroatoms. The van der Waals surface area contributed by atoms with E-state index in [0.717, 1.165) is 12.8 Å². The van der Waals surface area contributed by atoms with Gasteiger partial charge >= 0.3 is 0 Å². The highest BCUT2D eigenvalue weighted by Gasteiger charge is 2.14. The molecule has 0 saturated carbocycles. The van der Waals surface area contributed by atoms with Crippen LogP contribution < -0.4 is 0 Å². The van der Waals surface area contributed by atoms with Gasteiger partial charge in [-0.25, -0.2) is 0 Å². The number of hydrogen-bond acceptors (Lipinski definition) is 0. The Balaban J connectivity index is 1.69. The van der Waals surface area contributed by atoms with Gasteiger partial charge in [0.1, 0.15) is 0 Å². The summed E-state index contributed by atoms with van der Waals surface area (Å²) in [7, 11) is 0. The molecule has 1 aliphatic rings. The largest absolute Gasteiger partial charge is 0.358 e. The van der Waals surface area contributed by atoms with Crippen LogP contribution in [-0.4, -0.2) is 4.98 Å². The van der Waals surface area contributed by atoms with Crippen molar-refractivity contribution >= 4 is 16.5 Å². The molecule has 19 heavy (non-hydrogen) atoms. The quantitative estimate of drug-likeness (QED) is 0.691. The Morgan fingerprint density at radius 3 is 2.74 bits per heavy atom. The molecule has 92 valence electrons. The van der Waals surface area contributed by atoms with E-state index in [1.54, 1.807) is 0 Å². The lowest BCUT2D eigenvalue weighted by Crippen LogP contribution is -1.89. The van der Waals surface area contributed by atoms with Crippen molar-refractivity contribution in [1.29, 1.82) is 0 Å². The minimum absolute atomic E-state index is 0.992. The normalized spacial score (nSPS) is 13.6. The van der Waals surface area contributed by atoms with Crippen molar-refractivity contribution in [2.75, 3.05) is 0 Å². The minimum atomic E-state index is 0.992. The zero-order chi connectivity index (χ0) is 12.7. The lowest BCUT2D eigenvalue weighted by atomic mass is 10.0. The third-order valence-corrected chi connectivity index (χ3v) is 3.90. The Hall–Kier alpha value is -2.28. The molecule has 3 aromatic rings. The molecule has 1 heterocycles. The number of aromatic amines is 1. The Kier molecular flexibility index (Phi) is 2.31. The average molecular weight is 245 g/mol. The number of allylic oxidation sites excluding steroid dienone is 2. The van der Waals surface area contributed by atoms with Crippen molar-refractivity contribution < 1.29 is 0 Å². The van der Waals surface area contributed by atoms with E-state index < -0.39 is 0 Å². The second-order valence-corrected chi connectivity index (χ2v) is 5.15. The molecule has 0 atom stereocenters. The van der Waals surface area contributed by atoms with Crippen LogP contribution in [-0.2, 0) is 12.8 Å². The van der Waals surface area contributed by atoms with Crippen molar-refractivity contribution in [2.24, 2.45) is 0 Å². The van der Waals surface area contributed by atoms with Gasteiger partial charge in [0.15, 0.2) is 0 Å². The van der Waals surface area contributed by atoms with Crippen molar-refractivity contribution in [3.05, 3.63) is 77.5 Å². The molecule has 0 unspecified atom stereocenters. The molecule has 4 rings (SSSR count). The summed E-state index contributed by atoms with van der Waals surface area (Å²) in [6.45, 7) is 0. The molecule has 0 bridgehead atoms. The van der Waals surface area contributed by atoms with Crippen LogP contribution in [0.3, 0.4) is 0 Å². The summed E-state index contributed by atoms with van der Waals surface area (Å²) in [6.07, 6.45) is 4.42. The number of rotatable bonds is 2. The SMILES string of the molecule is C1=C(Cc2cc3ccccc3[nH]2)c2ccccc2C1.